The van der Waals surface area contributed by atoms with Gasteiger partial charge in [-0.3, -0.25) is 9.59 Å². The van der Waals surface area contributed by atoms with Gasteiger partial charge in [0.05, 0.1) is 10.7 Å². The number of piperidine rings is 1. The van der Waals surface area contributed by atoms with E-state index in [2.05, 4.69) is 5.32 Å². The summed E-state index contributed by atoms with van der Waals surface area (Å²) in [7, 11) is 0. The fraction of sp³-hybridized carbons (Fsp3) is 0.263. The minimum atomic E-state index is -0.144. The Labute approximate surface area is 156 Å². The number of hydrogen-bond donors (Lipinski definition) is 1. The average Bonchev–Trinajstić information content (AvgIpc) is 2.65. The van der Waals surface area contributed by atoms with Crippen LogP contribution in [0.15, 0.2) is 48.5 Å². The second kappa shape index (κ2) is 7.89. The fourth-order valence-electron chi connectivity index (χ4n) is 2.94. The standard InChI is InChI=1S/C19H18Cl2N2O2/c20-15-6-7-16(21)17(12-15)22-18(24)13-8-10-23(11-9-13)19(25)14-4-2-1-3-5-14/h1-7,12-13H,8-11H2,(H,22,24). The molecule has 0 radical (unpaired) electrons. The van der Waals surface area contributed by atoms with Gasteiger partial charge in [-0.15, -0.1) is 0 Å². The third-order valence-corrected chi connectivity index (χ3v) is 4.92. The lowest BCUT2D eigenvalue weighted by molar-refractivity contribution is -0.121. The maximum atomic E-state index is 12.5. The molecule has 0 atom stereocenters. The molecule has 1 aliphatic heterocycles. The highest BCUT2D eigenvalue weighted by molar-refractivity contribution is 6.35. The van der Waals surface area contributed by atoms with Gasteiger partial charge in [-0.2, -0.15) is 0 Å². The lowest BCUT2D eigenvalue weighted by Crippen LogP contribution is -2.41. The summed E-state index contributed by atoms with van der Waals surface area (Å²) in [5.41, 5.74) is 1.19. The van der Waals surface area contributed by atoms with Crippen LogP contribution < -0.4 is 5.32 Å². The van der Waals surface area contributed by atoms with Gasteiger partial charge >= 0.3 is 0 Å². The van der Waals surface area contributed by atoms with Crippen molar-refractivity contribution in [3.8, 4) is 0 Å². The van der Waals surface area contributed by atoms with Crippen molar-refractivity contribution in [1.29, 1.82) is 0 Å². The quantitative estimate of drug-likeness (QED) is 0.857. The first-order valence-electron chi connectivity index (χ1n) is 8.15. The number of rotatable bonds is 3. The van der Waals surface area contributed by atoms with Crippen molar-refractivity contribution in [1.82, 2.24) is 4.90 Å². The summed E-state index contributed by atoms with van der Waals surface area (Å²) in [5.74, 6) is -0.219. The van der Waals surface area contributed by atoms with Gasteiger partial charge in [0.2, 0.25) is 5.91 Å². The minimum Gasteiger partial charge on any atom is -0.339 e. The number of nitrogens with zero attached hydrogens (tertiary/aromatic N) is 1. The first-order valence-corrected chi connectivity index (χ1v) is 8.90. The van der Waals surface area contributed by atoms with E-state index in [1.807, 2.05) is 30.3 Å². The van der Waals surface area contributed by atoms with E-state index in [9.17, 15) is 9.59 Å². The Balaban J connectivity index is 1.57. The van der Waals surface area contributed by atoms with Gasteiger partial charge in [-0.05, 0) is 43.2 Å². The van der Waals surface area contributed by atoms with E-state index in [0.717, 1.165) is 0 Å². The third-order valence-electron chi connectivity index (χ3n) is 4.36. The van der Waals surface area contributed by atoms with Crippen molar-refractivity contribution in [2.75, 3.05) is 18.4 Å². The van der Waals surface area contributed by atoms with E-state index in [0.29, 0.717) is 47.2 Å². The van der Waals surface area contributed by atoms with Crippen molar-refractivity contribution in [3.05, 3.63) is 64.1 Å². The van der Waals surface area contributed by atoms with Crippen LogP contribution in [0.4, 0.5) is 5.69 Å². The molecule has 1 heterocycles. The second-order valence-corrected chi connectivity index (χ2v) is 6.89. The highest BCUT2D eigenvalue weighted by Gasteiger charge is 2.28. The first kappa shape index (κ1) is 17.8. The molecule has 0 bridgehead atoms. The van der Waals surface area contributed by atoms with Crippen molar-refractivity contribution in [2.24, 2.45) is 5.92 Å². The molecule has 2 aromatic carbocycles. The minimum absolute atomic E-state index is 0.0114. The molecular formula is C19H18Cl2N2O2. The Morgan fingerprint density at radius 3 is 2.36 bits per heavy atom. The maximum absolute atomic E-state index is 12.5. The largest absolute Gasteiger partial charge is 0.339 e. The second-order valence-electron chi connectivity index (χ2n) is 6.05. The molecule has 0 aliphatic carbocycles. The van der Waals surface area contributed by atoms with E-state index in [1.54, 1.807) is 23.1 Å². The SMILES string of the molecule is O=C(Nc1cc(Cl)ccc1Cl)C1CCN(C(=O)c2ccccc2)CC1. The van der Waals surface area contributed by atoms with Crippen molar-refractivity contribution in [2.45, 2.75) is 12.8 Å². The number of anilines is 1. The van der Waals surface area contributed by atoms with Crippen LogP contribution in [0, 0.1) is 5.92 Å². The molecule has 130 valence electrons. The van der Waals surface area contributed by atoms with Gasteiger partial charge in [-0.25, -0.2) is 0 Å². The van der Waals surface area contributed by atoms with E-state index in [1.165, 1.54) is 0 Å². The molecule has 4 nitrogen and oxygen atoms in total. The number of hydrogen-bond acceptors (Lipinski definition) is 2. The van der Waals surface area contributed by atoms with E-state index in [-0.39, 0.29) is 17.7 Å². The smallest absolute Gasteiger partial charge is 0.253 e. The summed E-state index contributed by atoms with van der Waals surface area (Å²) in [6.45, 7) is 1.13. The topological polar surface area (TPSA) is 49.4 Å². The summed E-state index contributed by atoms with van der Waals surface area (Å²) in [4.78, 5) is 26.7. The van der Waals surface area contributed by atoms with E-state index < -0.39 is 0 Å². The summed E-state index contributed by atoms with van der Waals surface area (Å²) < 4.78 is 0. The van der Waals surface area contributed by atoms with Crippen molar-refractivity contribution in [3.63, 3.8) is 0 Å². The number of nitrogens with one attached hydrogen (secondary N) is 1. The lowest BCUT2D eigenvalue weighted by atomic mass is 9.95. The Morgan fingerprint density at radius 2 is 1.68 bits per heavy atom. The molecule has 1 aliphatic rings. The van der Waals surface area contributed by atoms with Gasteiger partial charge < -0.3 is 10.2 Å². The Kier molecular flexibility index (Phi) is 5.61. The van der Waals surface area contributed by atoms with Crippen molar-refractivity contribution < 1.29 is 9.59 Å². The number of likely N-dealkylation sites (tertiary alicyclic amines) is 1. The summed E-state index contributed by atoms with van der Waals surface area (Å²) in [5, 5.41) is 3.81. The normalized spacial score (nSPS) is 15.0. The van der Waals surface area contributed by atoms with Gasteiger partial charge in [0.25, 0.3) is 5.91 Å². The van der Waals surface area contributed by atoms with Crippen LogP contribution in [-0.2, 0) is 4.79 Å². The van der Waals surface area contributed by atoms with E-state index >= 15 is 0 Å². The molecule has 6 heteroatoms. The summed E-state index contributed by atoms with van der Waals surface area (Å²) in [6.07, 6.45) is 1.26. The Morgan fingerprint density at radius 1 is 1.00 bits per heavy atom. The fourth-order valence-corrected chi connectivity index (χ4v) is 3.27. The molecule has 0 aromatic heterocycles. The average molecular weight is 377 g/mol. The van der Waals surface area contributed by atoms with Gasteiger partial charge in [-0.1, -0.05) is 41.4 Å². The molecule has 3 rings (SSSR count). The molecule has 25 heavy (non-hydrogen) atoms. The van der Waals surface area contributed by atoms with Crippen LogP contribution in [-0.4, -0.2) is 29.8 Å². The number of halogens is 2. The summed E-state index contributed by atoms with van der Waals surface area (Å²) >= 11 is 12.0. The van der Waals surface area contributed by atoms with Crippen molar-refractivity contribution >= 4 is 40.7 Å². The number of carbonyl (C=O) groups is 2. The molecule has 0 unspecified atom stereocenters. The zero-order valence-electron chi connectivity index (χ0n) is 13.5. The van der Waals surface area contributed by atoms with Gasteiger partial charge in [0.1, 0.15) is 0 Å². The Bertz CT molecular complexity index is 772. The maximum Gasteiger partial charge on any atom is 0.253 e. The molecule has 1 fully saturated rings. The highest BCUT2D eigenvalue weighted by Crippen LogP contribution is 2.27. The molecule has 1 N–H and O–H groups in total. The monoisotopic (exact) mass is 376 g/mol. The van der Waals surface area contributed by atoms with Gasteiger partial charge in [0, 0.05) is 29.6 Å². The first-order chi connectivity index (χ1) is 12.0. The predicted molar refractivity (Wildman–Crippen MR) is 100 cm³/mol. The molecule has 0 spiro atoms. The summed E-state index contributed by atoms with van der Waals surface area (Å²) in [6, 6.07) is 14.2. The van der Waals surface area contributed by atoms with Gasteiger partial charge in [0.15, 0.2) is 0 Å². The highest BCUT2D eigenvalue weighted by atomic mass is 35.5. The van der Waals surface area contributed by atoms with Crippen LogP contribution in [0.25, 0.3) is 0 Å². The van der Waals surface area contributed by atoms with E-state index in [4.69, 9.17) is 23.2 Å². The van der Waals surface area contributed by atoms with Crippen LogP contribution >= 0.6 is 23.2 Å². The number of benzene rings is 2. The molecule has 2 aromatic rings. The number of carbonyl (C=O) groups excluding carboxylic acids is 2. The van der Waals surface area contributed by atoms with Crippen LogP contribution in [0.3, 0.4) is 0 Å². The zero-order valence-corrected chi connectivity index (χ0v) is 15.1. The zero-order chi connectivity index (χ0) is 17.8. The number of amides is 2. The van der Waals surface area contributed by atoms with Crippen LogP contribution in [0.5, 0.6) is 0 Å². The predicted octanol–water partition coefficient (Wildman–Crippen LogP) is 4.48. The molecular weight excluding hydrogens is 359 g/mol. The Hall–Kier alpha value is -2.04. The molecule has 2 amide bonds. The third kappa shape index (κ3) is 4.33. The molecule has 1 saturated heterocycles. The van der Waals surface area contributed by atoms with Crippen LogP contribution in [0.2, 0.25) is 10.0 Å². The molecule has 0 saturated carbocycles. The van der Waals surface area contributed by atoms with Crippen LogP contribution in [0.1, 0.15) is 23.2 Å². The lowest BCUT2D eigenvalue weighted by Gasteiger charge is -2.31.